The highest BCUT2D eigenvalue weighted by atomic mass is 15.0. The third-order valence-electron chi connectivity index (χ3n) is 11.8. The molecular formula is C54H35N3. The molecule has 57 heavy (non-hydrogen) atoms. The summed E-state index contributed by atoms with van der Waals surface area (Å²) in [5.74, 6) is 0. The first-order valence-corrected chi connectivity index (χ1v) is 19.6. The number of para-hydroxylation sites is 4. The van der Waals surface area contributed by atoms with Crippen molar-refractivity contribution in [1.82, 2.24) is 13.7 Å². The Labute approximate surface area is 329 Å². The fourth-order valence-corrected chi connectivity index (χ4v) is 9.32. The van der Waals surface area contributed by atoms with E-state index in [2.05, 4.69) is 226 Å². The molecule has 0 radical (unpaired) electrons. The standard InChI is InChI=1S/C54H35N3/c1-2-13-36(14-3-1)37-25-31-41(32-26-37)57-50-23-10-6-19-45(50)46-33-34-52-53(54(46)57)47-20-7-11-24-51(47)55(52)40-29-27-38(28-30-40)39-15-12-16-42(35-39)56-48-21-8-4-17-43(48)44-18-5-9-22-49(44)56/h1-35H. The molecule has 0 N–H and O–H groups in total. The van der Waals surface area contributed by atoms with Crippen molar-refractivity contribution in [2.45, 2.75) is 0 Å². The molecule has 266 valence electrons. The second-order valence-electron chi connectivity index (χ2n) is 14.9. The van der Waals surface area contributed by atoms with Crippen molar-refractivity contribution in [3.8, 4) is 39.3 Å². The first kappa shape index (κ1) is 31.7. The summed E-state index contributed by atoms with van der Waals surface area (Å²) in [4.78, 5) is 0. The van der Waals surface area contributed by atoms with Gasteiger partial charge in [-0.15, -0.1) is 0 Å². The average molecular weight is 726 g/mol. The van der Waals surface area contributed by atoms with Gasteiger partial charge in [0.05, 0.1) is 33.1 Å². The number of benzene rings is 9. The van der Waals surface area contributed by atoms with Crippen LogP contribution in [-0.4, -0.2) is 13.7 Å². The van der Waals surface area contributed by atoms with E-state index in [9.17, 15) is 0 Å². The Hall–Kier alpha value is -7.62. The minimum atomic E-state index is 1.14. The van der Waals surface area contributed by atoms with Crippen molar-refractivity contribution < 1.29 is 0 Å². The third-order valence-corrected chi connectivity index (χ3v) is 11.8. The monoisotopic (exact) mass is 725 g/mol. The summed E-state index contributed by atoms with van der Waals surface area (Å²) in [6.45, 7) is 0. The van der Waals surface area contributed by atoms with Gasteiger partial charge in [-0.1, -0.05) is 146 Å². The molecule has 0 unspecified atom stereocenters. The molecule has 12 aromatic rings. The van der Waals surface area contributed by atoms with Crippen LogP contribution >= 0.6 is 0 Å². The van der Waals surface area contributed by atoms with E-state index in [-0.39, 0.29) is 0 Å². The van der Waals surface area contributed by atoms with Gasteiger partial charge in [0.1, 0.15) is 0 Å². The molecule has 0 saturated heterocycles. The topological polar surface area (TPSA) is 14.8 Å². The highest BCUT2D eigenvalue weighted by Gasteiger charge is 2.21. The van der Waals surface area contributed by atoms with Crippen molar-refractivity contribution in [1.29, 1.82) is 0 Å². The van der Waals surface area contributed by atoms with Crippen molar-refractivity contribution >= 4 is 65.4 Å². The molecular weight excluding hydrogens is 691 g/mol. The lowest BCUT2D eigenvalue weighted by atomic mass is 10.0. The normalized spacial score (nSPS) is 11.9. The fourth-order valence-electron chi connectivity index (χ4n) is 9.32. The van der Waals surface area contributed by atoms with Gasteiger partial charge in [0.25, 0.3) is 0 Å². The van der Waals surface area contributed by atoms with Crippen molar-refractivity contribution in [3.63, 3.8) is 0 Å². The van der Waals surface area contributed by atoms with E-state index in [4.69, 9.17) is 0 Å². The number of rotatable bonds is 5. The van der Waals surface area contributed by atoms with Crippen molar-refractivity contribution in [2.24, 2.45) is 0 Å². The van der Waals surface area contributed by atoms with E-state index < -0.39 is 0 Å². The van der Waals surface area contributed by atoms with Crippen LogP contribution in [0.2, 0.25) is 0 Å². The van der Waals surface area contributed by atoms with Crippen LogP contribution in [0.5, 0.6) is 0 Å². The maximum absolute atomic E-state index is 2.46. The Kier molecular flexibility index (Phi) is 6.93. The molecule has 0 atom stereocenters. The maximum atomic E-state index is 2.46. The van der Waals surface area contributed by atoms with Gasteiger partial charge < -0.3 is 13.7 Å². The number of nitrogens with zero attached hydrogens (tertiary/aromatic N) is 3. The van der Waals surface area contributed by atoms with E-state index in [0.717, 1.165) is 17.1 Å². The molecule has 12 rings (SSSR count). The molecule has 0 aliphatic heterocycles. The van der Waals surface area contributed by atoms with Gasteiger partial charge >= 0.3 is 0 Å². The summed E-state index contributed by atoms with van der Waals surface area (Å²) in [6.07, 6.45) is 0. The van der Waals surface area contributed by atoms with Gasteiger partial charge in [-0.25, -0.2) is 0 Å². The minimum Gasteiger partial charge on any atom is -0.309 e. The molecule has 0 bridgehead atoms. The minimum absolute atomic E-state index is 1.14. The maximum Gasteiger partial charge on any atom is 0.0641 e. The van der Waals surface area contributed by atoms with E-state index in [1.54, 1.807) is 0 Å². The lowest BCUT2D eigenvalue weighted by Gasteiger charge is -2.12. The lowest BCUT2D eigenvalue weighted by Crippen LogP contribution is -1.96. The van der Waals surface area contributed by atoms with Gasteiger partial charge in [0, 0.05) is 49.4 Å². The lowest BCUT2D eigenvalue weighted by molar-refractivity contribution is 1.17. The van der Waals surface area contributed by atoms with Crippen molar-refractivity contribution in [3.05, 3.63) is 212 Å². The van der Waals surface area contributed by atoms with E-state index in [1.807, 2.05) is 0 Å². The van der Waals surface area contributed by atoms with E-state index in [0.29, 0.717) is 0 Å². The zero-order valence-electron chi connectivity index (χ0n) is 31.0. The van der Waals surface area contributed by atoms with Gasteiger partial charge in [0.2, 0.25) is 0 Å². The smallest absolute Gasteiger partial charge is 0.0641 e. The Morgan fingerprint density at radius 3 is 1.30 bits per heavy atom. The molecule has 0 spiro atoms. The highest BCUT2D eigenvalue weighted by Crippen LogP contribution is 2.42. The molecule has 3 heteroatoms. The first-order valence-electron chi connectivity index (χ1n) is 19.6. The van der Waals surface area contributed by atoms with Crippen LogP contribution in [0.3, 0.4) is 0 Å². The SMILES string of the molecule is c1ccc(-c2ccc(-n3c4ccccc4c4ccc5c(c6ccccc6n5-c5ccc(-c6cccc(-n7c8ccccc8c8ccccc87)c6)cc5)c43)cc2)cc1. The highest BCUT2D eigenvalue weighted by molar-refractivity contribution is 6.26. The molecule has 0 aliphatic rings. The largest absolute Gasteiger partial charge is 0.309 e. The zero-order chi connectivity index (χ0) is 37.5. The van der Waals surface area contributed by atoms with Gasteiger partial charge in [0.15, 0.2) is 0 Å². The zero-order valence-corrected chi connectivity index (χ0v) is 31.0. The summed E-state index contributed by atoms with van der Waals surface area (Å²) in [7, 11) is 0. The predicted molar refractivity (Wildman–Crippen MR) is 240 cm³/mol. The molecule has 0 saturated carbocycles. The second-order valence-corrected chi connectivity index (χ2v) is 14.9. The number of hydrogen-bond donors (Lipinski definition) is 0. The third kappa shape index (κ3) is 4.79. The first-order chi connectivity index (χ1) is 28.3. The number of aromatic nitrogens is 3. The number of fused-ring (bicyclic) bond motifs is 10. The summed E-state index contributed by atoms with van der Waals surface area (Å²) < 4.78 is 7.28. The van der Waals surface area contributed by atoms with Gasteiger partial charge in [-0.3, -0.25) is 0 Å². The quantitative estimate of drug-likeness (QED) is 0.168. The summed E-state index contributed by atoms with van der Waals surface area (Å²) in [6, 6.07) is 77.3. The van der Waals surface area contributed by atoms with E-state index >= 15 is 0 Å². The molecule has 0 amide bonds. The summed E-state index contributed by atoms with van der Waals surface area (Å²) in [5.41, 5.74) is 15.5. The molecule has 3 nitrogen and oxygen atoms in total. The summed E-state index contributed by atoms with van der Waals surface area (Å²) in [5, 5.41) is 7.55. The Morgan fingerprint density at radius 1 is 0.228 bits per heavy atom. The molecule has 9 aromatic carbocycles. The van der Waals surface area contributed by atoms with Crippen LogP contribution < -0.4 is 0 Å². The van der Waals surface area contributed by atoms with Crippen LogP contribution in [0, 0.1) is 0 Å². The van der Waals surface area contributed by atoms with Gasteiger partial charge in [-0.2, -0.15) is 0 Å². The van der Waals surface area contributed by atoms with Gasteiger partial charge in [-0.05, 0) is 89.0 Å². The second kappa shape index (κ2) is 12.5. The van der Waals surface area contributed by atoms with Crippen LogP contribution in [0.15, 0.2) is 212 Å². The average Bonchev–Trinajstić information content (AvgIpc) is 3.93. The fraction of sp³-hybridized carbons (Fsp3) is 0. The predicted octanol–water partition coefficient (Wildman–Crippen LogP) is 14.3. The Morgan fingerprint density at radius 2 is 0.667 bits per heavy atom. The Bertz CT molecular complexity index is 3440. The van der Waals surface area contributed by atoms with Crippen LogP contribution in [-0.2, 0) is 0 Å². The summed E-state index contributed by atoms with van der Waals surface area (Å²) >= 11 is 0. The molecule has 3 aromatic heterocycles. The molecule has 0 aliphatic carbocycles. The number of hydrogen-bond acceptors (Lipinski definition) is 0. The Balaban J connectivity index is 1.01. The van der Waals surface area contributed by atoms with Crippen LogP contribution in [0.4, 0.5) is 0 Å². The van der Waals surface area contributed by atoms with Crippen LogP contribution in [0.25, 0.3) is 105 Å². The van der Waals surface area contributed by atoms with E-state index in [1.165, 1.54) is 87.7 Å². The van der Waals surface area contributed by atoms with Crippen LogP contribution in [0.1, 0.15) is 0 Å². The van der Waals surface area contributed by atoms with Crippen molar-refractivity contribution in [2.75, 3.05) is 0 Å². The molecule has 3 heterocycles. The molecule has 0 fully saturated rings.